The molecule has 0 bridgehead atoms. The first-order chi connectivity index (χ1) is 6.97. The molecule has 2 nitrogen and oxygen atoms in total. The first-order valence-electron chi connectivity index (χ1n) is 4.57. The third-order valence-electron chi connectivity index (χ3n) is 2.55. The Morgan fingerprint density at radius 1 is 1.27 bits per heavy atom. The second-order valence-electron chi connectivity index (χ2n) is 3.63. The summed E-state index contributed by atoms with van der Waals surface area (Å²) < 4.78 is 37.2. The van der Waals surface area contributed by atoms with Crippen molar-refractivity contribution in [2.24, 2.45) is 0 Å². The molecule has 0 amide bonds. The lowest BCUT2D eigenvalue weighted by Crippen LogP contribution is -2.46. The Morgan fingerprint density at radius 3 is 2.67 bits per heavy atom. The first-order valence-corrected chi connectivity index (χ1v) is 4.57. The maximum absolute atomic E-state index is 12.4. The maximum atomic E-state index is 12.4. The number of phenolic OH excluding ortho intramolecular Hbond substituents is 1. The Morgan fingerprint density at radius 2 is 2.00 bits per heavy atom. The molecule has 0 fully saturated rings. The number of nitrogens with one attached hydrogen (secondary N) is 1. The minimum Gasteiger partial charge on any atom is -0.508 e. The summed E-state index contributed by atoms with van der Waals surface area (Å²) in [5.41, 5.74) is 1.38. The molecule has 82 valence electrons. The van der Waals surface area contributed by atoms with E-state index in [9.17, 15) is 13.2 Å². The normalized spacial score (nSPS) is 21.1. The van der Waals surface area contributed by atoms with E-state index in [2.05, 4.69) is 5.32 Å². The van der Waals surface area contributed by atoms with Gasteiger partial charge in [-0.15, -0.1) is 0 Å². The molecule has 1 aromatic rings. The van der Waals surface area contributed by atoms with E-state index in [4.69, 9.17) is 5.11 Å². The van der Waals surface area contributed by atoms with Crippen molar-refractivity contribution in [2.45, 2.75) is 25.2 Å². The lowest BCUT2D eigenvalue weighted by Gasteiger charge is -2.27. The SMILES string of the molecule is Oc1ccc2c(c1)CNC(C(F)(F)F)C2. The standard InChI is InChI=1S/C10H10F3NO/c11-10(12,13)9-4-6-1-2-8(15)3-7(6)5-14-9/h1-3,9,14-15H,4-5H2. The van der Waals surface area contributed by atoms with Crippen LogP contribution in [0.1, 0.15) is 11.1 Å². The molecular weight excluding hydrogens is 207 g/mol. The van der Waals surface area contributed by atoms with Gasteiger partial charge in [0.2, 0.25) is 0 Å². The van der Waals surface area contributed by atoms with Crippen LogP contribution in [-0.4, -0.2) is 17.3 Å². The van der Waals surface area contributed by atoms with Crippen LogP contribution < -0.4 is 5.32 Å². The van der Waals surface area contributed by atoms with Gasteiger partial charge in [-0.3, -0.25) is 0 Å². The number of hydrogen-bond donors (Lipinski definition) is 2. The minimum absolute atomic E-state index is 0.0703. The van der Waals surface area contributed by atoms with Crippen LogP contribution in [0.3, 0.4) is 0 Å². The summed E-state index contributed by atoms with van der Waals surface area (Å²) in [7, 11) is 0. The van der Waals surface area contributed by atoms with E-state index in [1.165, 1.54) is 12.1 Å². The Hall–Kier alpha value is -1.23. The highest BCUT2D eigenvalue weighted by Gasteiger charge is 2.41. The lowest BCUT2D eigenvalue weighted by molar-refractivity contribution is -0.157. The topological polar surface area (TPSA) is 32.3 Å². The summed E-state index contributed by atoms with van der Waals surface area (Å²) in [5, 5.41) is 11.6. The summed E-state index contributed by atoms with van der Waals surface area (Å²) in [6, 6.07) is 2.98. The number of rotatable bonds is 0. The van der Waals surface area contributed by atoms with Gasteiger partial charge < -0.3 is 10.4 Å². The second kappa shape index (κ2) is 3.41. The summed E-state index contributed by atoms with van der Waals surface area (Å²) >= 11 is 0. The number of alkyl halides is 3. The molecule has 1 atom stereocenters. The van der Waals surface area contributed by atoms with Crippen LogP contribution in [0.2, 0.25) is 0 Å². The summed E-state index contributed by atoms with van der Waals surface area (Å²) in [4.78, 5) is 0. The molecule has 0 spiro atoms. The molecule has 1 unspecified atom stereocenters. The zero-order valence-electron chi connectivity index (χ0n) is 7.80. The van der Waals surface area contributed by atoms with Crippen molar-refractivity contribution >= 4 is 0 Å². The van der Waals surface area contributed by atoms with Crippen LogP contribution in [0.5, 0.6) is 5.75 Å². The quantitative estimate of drug-likeness (QED) is 0.696. The van der Waals surface area contributed by atoms with Crippen molar-refractivity contribution in [2.75, 3.05) is 0 Å². The van der Waals surface area contributed by atoms with Gasteiger partial charge in [-0.2, -0.15) is 13.2 Å². The fraction of sp³-hybridized carbons (Fsp3) is 0.400. The van der Waals surface area contributed by atoms with Crippen LogP contribution in [0, 0.1) is 0 Å². The zero-order chi connectivity index (χ0) is 11.1. The van der Waals surface area contributed by atoms with Crippen molar-refractivity contribution in [3.8, 4) is 5.75 Å². The fourth-order valence-electron chi connectivity index (χ4n) is 1.73. The molecule has 15 heavy (non-hydrogen) atoms. The minimum atomic E-state index is -4.21. The van der Waals surface area contributed by atoms with Gasteiger partial charge in [0.1, 0.15) is 11.8 Å². The largest absolute Gasteiger partial charge is 0.508 e. The van der Waals surface area contributed by atoms with Gasteiger partial charge in [-0.25, -0.2) is 0 Å². The van der Waals surface area contributed by atoms with Gasteiger partial charge in [-0.05, 0) is 29.7 Å². The molecular formula is C10H10F3NO. The number of hydrogen-bond acceptors (Lipinski definition) is 2. The third kappa shape index (κ3) is 2.07. The molecule has 0 saturated carbocycles. The van der Waals surface area contributed by atoms with Gasteiger partial charge in [-0.1, -0.05) is 6.07 Å². The predicted molar refractivity (Wildman–Crippen MR) is 48.5 cm³/mol. The molecule has 0 radical (unpaired) electrons. The van der Waals surface area contributed by atoms with Crippen LogP contribution in [0.25, 0.3) is 0 Å². The van der Waals surface area contributed by atoms with E-state index in [1.807, 2.05) is 0 Å². The van der Waals surface area contributed by atoms with Crippen molar-refractivity contribution in [1.82, 2.24) is 5.32 Å². The van der Waals surface area contributed by atoms with Gasteiger partial charge in [0.25, 0.3) is 0 Å². The molecule has 1 heterocycles. The Labute approximate surface area is 84.7 Å². The van der Waals surface area contributed by atoms with Crippen LogP contribution in [0.15, 0.2) is 18.2 Å². The number of phenols is 1. The molecule has 0 aliphatic carbocycles. The van der Waals surface area contributed by atoms with E-state index in [-0.39, 0.29) is 18.7 Å². The Kier molecular flexibility index (Phi) is 2.34. The van der Waals surface area contributed by atoms with Crippen LogP contribution >= 0.6 is 0 Å². The average Bonchev–Trinajstić information content (AvgIpc) is 2.15. The molecule has 1 aromatic carbocycles. The van der Waals surface area contributed by atoms with Crippen molar-refractivity contribution in [1.29, 1.82) is 0 Å². The second-order valence-corrected chi connectivity index (χ2v) is 3.63. The number of aromatic hydroxyl groups is 1. The third-order valence-corrected chi connectivity index (χ3v) is 2.55. The van der Waals surface area contributed by atoms with Crippen LogP contribution in [-0.2, 0) is 13.0 Å². The number of fused-ring (bicyclic) bond motifs is 1. The monoisotopic (exact) mass is 217 g/mol. The lowest BCUT2D eigenvalue weighted by atomic mass is 9.95. The highest BCUT2D eigenvalue weighted by Crippen LogP contribution is 2.29. The van der Waals surface area contributed by atoms with E-state index < -0.39 is 12.2 Å². The molecule has 0 aromatic heterocycles. The van der Waals surface area contributed by atoms with E-state index in [0.717, 1.165) is 5.56 Å². The molecule has 1 aliphatic heterocycles. The fourth-order valence-corrected chi connectivity index (χ4v) is 1.73. The molecule has 2 rings (SSSR count). The van der Waals surface area contributed by atoms with Crippen molar-refractivity contribution in [3.63, 3.8) is 0 Å². The van der Waals surface area contributed by atoms with Gasteiger partial charge in [0.15, 0.2) is 0 Å². The van der Waals surface area contributed by atoms with Gasteiger partial charge in [0, 0.05) is 6.54 Å². The first kappa shape index (κ1) is 10.3. The summed E-state index contributed by atoms with van der Waals surface area (Å²) in [6.45, 7) is 0.147. The number of benzene rings is 1. The van der Waals surface area contributed by atoms with Crippen molar-refractivity contribution < 1.29 is 18.3 Å². The Bertz CT molecular complexity index is 375. The maximum Gasteiger partial charge on any atom is 0.404 e. The predicted octanol–water partition coefficient (Wildman–Crippen LogP) is 1.97. The Balaban J connectivity index is 2.24. The van der Waals surface area contributed by atoms with Gasteiger partial charge >= 0.3 is 6.18 Å². The summed E-state index contributed by atoms with van der Waals surface area (Å²) in [6.07, 6.45) is -4.28. The van der Waals surface area contributed by atoms with Crippen molar-refractivity contribution in [3.05, 3.63) is 29.3 Å². The van der Waals surface area contributed by atoms with E-state index in [1.54, 1.807) is 6.07 Å². The molecule has 2 N–H and O–H groups in total. The van der Waals surface area contributed by atoms with Crippen LogP contribution in [0.4, 0.5) is 13.2 Å². The smallest absolute Gasteiger partial charge is 0.404 e. The number of halogens is 3. The average molecular weight is 217 g/mol. The highest BCUT2D eigenvalue weighted by molar-refractivity contribution is 5.37. The van der Waals surface area contributed by atoms with Gasteiger partial charge in [0.05, 0.1) is 0 Å². The molecule has 5 heteroatoms. The summed E-state index contributed by atoms with van der Waals surface area (Å²) in [5.74, 6) is 0.0843. The molecule has 1 aliphatic rings. The van der Waals surface area contributed by atoms with E-state index in [0.29, 0.717) is 5.56 Å². The van der Waals surface area contributed by atoms with E-state index >= 15 is 0 Å². The zero-order valence-corrected chi connectivity index (χ0v) is 7.80. The molecule has 0 saturated heterocycles. The highest BCUT2D eigenvalue weighted by atomic mass is 19.4.